The molecule has 0 radical (unpaired) electrons. The van der Waals surface area contributed by atoms with Crippen molar-refractivity contribution < 1.29 is 5.11 Å². The molecule has 3 nitrogen and oxygen atoms in total. The number of hydrogen-bond donors (Lipinski definition) is 2. The first kappa shape index (κ1) is 14.4. The van der Waals surface area contributed by atoms with Crippen molar-refractivity contribution in [1.82, 2.24) is 10.2 Å². The number of hydrogen-bond acceptors (Lipinski definition) is 3. The summed E-state index contributed by atoms with van der Waals surface area (Å²) in [6.07, 6.45) is 3.61. The van der Waals surface area contributed by atoms with Crippen molar-refractivity contribution >= 4 is 0 Å². The molecule has 1 aliphatic rings. The number of phenolic OH excluding ortho intramolecular Hbond substituents is 1. The Balaban J connectivity index is 1.75. The number of phenols is 1. The molecule has 106 valence electrons. The Hall–Kier alpha value is -1.06. The van der Waals surface area contributed by atoms with Crippen molar-refractivity contribution in [2.45, 2.75) is 32.2 Å². The lowest BCUT2D eigenvalue weighted by Crippen LogP contribution is -2.32. The predicted molar refractivity (Wildman–Crippen MR) is 79.5 cm³/mol. The molecule has 19 heavy (non-hydrogen) atoms. The zero-order valence-electron chi connectivity index (χ0n) is 12.1. The summed E-state index contributed by atoms with van der Waals surface area (Å²) in [5, 5.41) is 12.6. The van der Waals surface area contributed by atoms with Gasteiger partial charge in [0.15, 0.2) is 0 Å². The molecular formula is C16H26N2O. The summed E-state index contributed by atoms with van der Waals surface area (Å²) in [6, 6.07) is 8.25. The van der Waals surface area contributed by atoms with E-state index >= 15 is 0 Å². The fraction of sp³-hybridized carbons (Fsp3) is 0.625. The maximum absolute atomic E-state index is 9.27. The van der Waals surface area contributed by atoms with Crippen molar-refractivity contribution in [1.29, 1.82) is 0 Å². The Bertz CT molecular complexity index is 377. The van der Waals surface area contributed by atoms with E-state index in [9.17, 15) is 5.11 Å². The van der Waals surface area contributed by atoms with Crippen LogP contribution in [0.1, 0.15) is 25.3 Å². The monoisotopic (exact) mass is 262 g/mol. The lowest BCUT2D eigenvalue weighted by Gasteiger charge is -2.24. The van der Waals surface area contributed by atoms with E-state index in [2.05, 4.69) is 17.1 Å². The van der Waals surface area contributed by atoms with Gasteiger partial charge in [-0.1, -0.05) is 12.1 Å². The predicted octanol–water partition coefficient (Wildman–Crippen LogP) is 2.25. The van der Waals surface area contributed by atoms with Crippen LogP contribution in [0.2, 0.25) is 0 Å². The van der Waals surface area contributed by atoms with Crippen LogP contribution >= 0.6 is 0 Å². The van der Waals surface area contributed by atoms with Gasteiger partial charge in [0.05, 0.1) is 0 Å². The van der Waals surface area contributed by atoms with Crippen LogP contribution in [0, 0.1) is 5.92 Å². The van der Waals surface area contributed by atoms with E-state index in [-0.39, 0.29) is 0 Å². The highest BCUT2D eigenvalue weighted by Gasteiger charge is 2.25. The number of aryl methyl sites for hydroxylation is 1. The first-order valence-electron chi connectivity index (χ1n) is 7.35. The summed E-state index contributed by atoms with van der Waals surface area (Å²) in [7, 11) is 2.04. The Morgan fingerprint density at radius 3 is 2.79 bits per heavy atom. The molecule has 0 aromatic heterocycles. The van der Waals surface area contributed by atoms with Crippen LogP contribution in [0.25, 0.3) is 0 Å². The summed E-state index contributed by atoms with van der Waals surface area (Å²) < 4.78 is 0. The number of aromatic hydroxyl groups is 1. The van der Waals surface area contributed by atoms with Crippen LogP contribution in [0.4, 0.5) is 0 Å². The Morgan fingerprint density at radius 1 is 1.37 bits per heavy atom. The molecule has 0 aliphatic carbocycles. The second-order valence-electron chi connectivity index (χ2n) is 5.76. The summed E-state index contributed by atoms with van der Waals surface area (Å²) in [5.41, 5.74) is 1.32. The van der Waals surface area contributed by atoms with E-state index in [0.29, 0.717) is 11.8 Å². The van der Waals surface area contributed by atoms with Gasteiger partial charge in [0.1, 0.15) is 5.75 Å². The zero-order chi connectivity index (χ0) is 13.7. The second kappa shape index (κ2) is 6.92. The van der Waals surface area contributed by atoms with Gasteiger partial charge in [-0.2, -0.15) is 0 Å². The lowest BCUT2D eigenvalue weighted by molar-refractivity contribution is 0.238. The second-order valence-corrected chi connectivity index (χ2v) is 5.76. The van der Waals surface area contributed by atoms with Gasteiger partial charge in [0, 0.05) is 12.6 Å². The molecule has 1 fully saturated rings. The molecule has 0 saturated carbocycles. The summed E-state index contributed by atoms with van der Waals surface area (Å²) >= 11 is 0. The van der Waals surface area contributed by atoms with Gasteiger partial charge >= 0.3 is 0 Å². The maximum Gasteiger partial charge on any atom is 0.115 e. The number of nitrogens with one attached hydrogen (secondary N) is 1. The summed E-state index contributed by atoms with van der Waals surface area (Å²) in [4.78, 5) is 2.61. The fourth-order valence-electron chi connectivity index (χ4n) is 2.94. The van der Waals surface area contributed by atoms with Gasteiger partial charge in [0.2, 0.25) is 0 Å². The fourth-order valence-corrected chi connectivity index (χ4v) is 2.94. The molecule has 2 N–H and O–H groups in total. The highest BCUT2D eigenvalue weighted by molar-refractivity contribution is 5.25. The number of rotatable bonds is 6. The summed E-state index contributed by atoms with van der Waals surface area (Å²) in [5.74, 6) is 1.17. The van der Waals surface area contributed by atoms with Gasteiger partial charge < -0.3 is 15.3 Å². The van der Waals surface area contributed by atoms with Crippen molar-refractivity contribution in [2.75, 3.05) is 26.7 Å². The summed E-state index contributed by atoms with van der Waals surface area (Å²) in [6.45, 7) is 5.95. The standard InChI is InChI=1S/C16H26N2O/c1-13(18-10-9-15(12-18)11-17-2)3-4-14-5-7-16(19)8-6-14/h5-8,13,15,17,19H,3-4,9-12H2,1-2H3. The van der Waals surface area contributed by atoms with E-state index < -0.39 is 0 Å². The molecule has 0 bridgehead atoms. The molecule has 2 unspecified atom stereocenters. The van der Waals surface area contributed by atoms with E-state index in [0.717, 1.165) is 18.9 Å². The minimum atomic E-state index is 0.353. The third-order valence-corrected chi connectivity index (χ3v) is 4.22. The van der Waals surface area contributed by atoms with Gasteiger partial charge in [-0.15, -0.1) is 0 Å². The van der Waals surface area contributed by atoms with Gasteiger partial charge in [0.25, 0.3) is 0 Å². The molecule has 1 aromatic carbocycles. The van der Waals surface area contributed by atoms with E-state index in [1.54, 1.807) is 12.1 Å². The first-order chi connectivity index (χ1) is 9.19. The largest absolute Gasteiger partial charge is 0.508 e. The number of benzene rings is 1. The molecule has 3 heteroatoms. The highest BCUT2D eigenvalue weighted by atomic mass is 16.3. The maximum atomic E-state index is 9.27. The van der Waals surface area contributed by atoms with Crippen LogP contribution in [0.15, 0.2) is 24.3 Å². The minimum absolute atomic E-state index is 0.353. The number of likely N-dealkylation sites (tertiary alicyclic amines) is 1. The van der Waals surface area contributed by atoms with Crippen LogP contribution in [0.3, 0.4) is 0 Å². The van der Waals surface area contributed by atoms with E-state index in [1.165, 1.54) is 31.5 Å². The molecule has 0 spiro atoms. The quantitative estimate of drug-likeness (QED) is 0.825. The average Bonchev–Trinajstić information content (AvgIpc) is 2.87. The molecule has 1 saturated heterocycles. The molecule has 1 aromatic rings. The minimum Gasteiger partial charge on any atom is -0.508 e. The smallest absolute Gasteiger partial charge is 0.115 e. The molecular weight excluding hydrogens is 236 g/mol. The van der Waals surface area contributed by atoms with Crippen LogP contribution in [0.5, 0.6) is 5.75 Å². The normalized spacial score (nSPS) is 21.7. The highest BCUT2D eigenvalue weighted by Crippen LogP contribution is 2.20. The van der Waals surface area contributed by atoms with Gasteiger partial charge in [-0.05, 0) is 69.9 Å². The van der Waals surface area contributed by atoms with Crippen LogP contribution in [-0.2, 0) is 6.42 Å². The Kier molecular flexibility index (Phi) is 5.23. The van der Waals surface area contributed by atoms with Crippen molar-refractivity contribution in [3.63, 3.8) is 0 Å². The Labute approximate surface area is 116 Å². The van der Waals surface area contributed by atoms with E-state index in [4.69, 9.17) is 0 Å². The zero-order valence-corrected chi connectivity index (χ0v) is 12.1. The van der Waals surface area contributed by atoms with Crippen LogP contribution in [-0.4, -0.2) is 42.7 Å². The third-order valence-electron chi connectivity index (χ3n) is 4.22. The molecule has 1 aliphatic heterocycles. The van der Waals surface area contributed by atoms with Gasteiger partial charge in [-0.25, -0.2) is 0 Å². The SMILES string of the molecule is CNCC1CCN(C(C)CCc2ccc(O)cc2)C1. The average molecular weight is 262 g/mol. The number of nitrogens with zero attached hydrogens (tertiary/aromatic N) is 1. The van der Waals surface area contributed by atoms with E-state index in [1.807, 2.05) is 19.2 Å². The van der Waals surface area contributed by atoms with Gasteiger partial charge in [-0.3, -0.25) is 0 Å². The van der Waals surface area contributed by atoms with Crippen molar-refractivity contribution in [2.24, 2.45) is 5.92 Å². The van der Waals surface area contributed by atoms with Crippen LogP contribution < -0.4 is 5.32 Å². The Morgan fingerprint density at radius 2 is 2.11 bits per heavy atom. The topological polar surface area (TPSA) is 35.5 Å². The molecule has 1 heterocycles. The van der Waals surface area contributed by atoms with Crippen molar-refractivity contribution in [3.8, 4) is 5.75 Å². The lowest BCUT2D eigenvalue weighted by atomic mass is 10.1. The van der Waals surface area contributed by atoms with Crippen molar-refractivity contribution in [3.05, 3.63) is 29.8 Å². The molecule has 2 atom stereocenters. The first-order valence-corrected chi connectivity index (χ1v) is 7.35. The molecule has 0 amide bonds. The third kappa shape index (κ3) is 4.22. The molecule has 2 rings (SSSR count).